The lowest BCUT2D eigenvalue weighted by Gasteiger charge is -2.42. The Kier molecular flexibility index (Phi) is 4.63. The number of carbonyl (C=O) groups is 2. The normalized spacial score (nSPS) is 19.0. The highest BCUT2D eigenvalue weighted by atomic mass is 16.2. The Labute approximate surface area is 125 Å². The molecule has 5 nitrogen and oxygen atoms in total. The molecule has 0 aliphatic carbocycles. The third kappa shape index (κ3) is 3.42. The van der Waals surface area contributed by atoms with Crippen LogP contribution in [0, 0.1) is 0 Å². The summed E-state index contributed by atoms with van der Waals surface area (Å²) in [5.41, 5.74) is 6.37. The maximum Gasteiger partial charge on any atom is 0.245 e. The number of nitrogens with two attached hydrogens (primary N) is 1. The monoisotopic (exact) mass is 289 g/mol. The predicted octanol–water partition coefficient (Wildman–Crippen LogP) is 0.684. The lowest BCUT2D eigenvalue weighted by molar-refractivity contribution is -0.150. The van der Waals surface area contributed by atoms with Gasteiger partial charge in [-0.3, -0.25) is 9.59 Å². The smallest absolute Gasteiger partial charge is 0.245 e. The fourth-order valence-electron chi connectivity index (χ4n) is 2.58. The minimum absolute atomic E-state index is 0.127. The number of nitrogens with zero attached hydrogens (tertiary/aromatic N) is 1. The minimum Gasteiger partial charge on any atom is -0.352 e. The van der Waals surface area contributed by atoms with Gasteiger partial charge in [-0.25, -0.2) is 0 Å². The van der Waals surface area contributed by atoms with Crippen LogP contribution in [-0.4, -0.2) is 41.4 Å². The van der Waals surface area contributed by atoms with Gasteiger partial charge in [0.05, 0.1) is 6.04 Å². The summed E-state index contributed by atoms with van der Waals surface area (Å²) in [6.07, 6.45) is 1.34. The second kappa shape index (κ2) is 6.26. The fraction of sp³-hybridized carbons (Fsp3) is 0.500. The van der Waals surface area contributed by atoms with Crippen molar-refractivity contribution in [3.8, 4) is 0 Å². The van der Waals surface area contributed by atoms with E-state index >= 15 is 0 Å². The first kappa shape index (κ1) is 15.5. The molecule has 3 N–H and O–H groups in total. The molecule has 1 aromatic rings. The molecule has 1 heterocycles. The van der Waals surface area contributed by atoms with Crippen molar-refractivity contribution in [2.24, 2.45) is 5.73 Å². The molecule has 0 bridgehead atoms. The molecule has 2 amide bonds. The van der Waals surface area contributed by atoms with Crippen LogP contribution in [0.1, 0.15) is 25.8 Å². The Balaban J connectivity index is 1.97. The van der Waals surface area contributed by atoms with Crippen LogP contribution in [0.3, 0.4) is 0 Å². The summed E-state index contributed by atoms with van der Waals surface area (Å²) < 4.78 is 0. The summed E-state index contributed by atoms with van der Waals surface area (Å²) in [6, 6.07) is 9.38. The lowest BCUT2D eigenvalue weighted by atomic mass is 9.96. The van der Waals surface area contributed by atoms with Crippen molar-refractivity contribution in [1.82, 2.24) is 10.2 Å². The second-order valence-corrected chi connectivity index (χ2v) is 5.94. The van der Waals surface area contributed by atoms with Crippen molar-refractivity contribution in [2.45, 2.75) is 38.3 Å². The minimum atomic E-state index is -0.834. The van der Waals surface area contributed by atoms with E-state index in [9.17, 15) is 9.59 Å². The van der Waals surface area contributed by atoms with E-state index in [2.05, 4.69) is 5.32 Å². The van der Waals surface area contributed by atoms with Crippen LogP contribution in [0.25, 0.3) is 0 Å². The Morgan fingerprint density at radius 1 is 1.38 bits per heavy atom. The molecule has 1 fully saturated rings. The van der Waals surface area contributed by atoms with Gasteiger partial charge >= 0.3 is 0 Å². The average molecular weight is 289 g/mol. The standard InChI is InChI=1S/C16H23N3O2/c1-16(2)15(21)18-10-11-19(16)14(20)13(17)9-8-12-6-4-3-5-7-12/h3-7,13H,8-11,17H2,1-2H3,(H,18,21)/t13-/m0/s1. The van der Waals surface area contributed by atoms with Gasteiger partial charge in [-0.1, -0.05) is 30.3 Å². The predicted molar refractivity (Wildman–Crippen MR) is 81.5 cm³/mol. The van der Waals surface area contributed by atoms with Crippen LogP contribution >= 0.6 is 0 Å². The first-order valence-corrected chi connectivity index (χ1v) is 7.32. The highest BCUT2D eigenvalue weighted by Gasteiger charge is 2.41. The Bertz CT molecular complexity index is 514. The number of amides is 2. The molecule has 0 spiro atoms. The van der Waals surface area contributed by atoms with E-state index in [1.54, 1.807) is 18.7 Å². The van der Waals surface area contributed by atoms with Crippen molar-refractivity contribution in [1.29, 1.82) is 0 Å². The first-order chi connectivity index (χ1) is 9.93. The molecule has 2 rings (SSSR count). The van der Waals surface area contributed by atoms with E-state index in [4.69, 9.17) is 5.73 Å². The molecule has 5 heteroatoms. The zero-order valence-corrected chi connectivity index (χ0v) is 12.6. The van der Waals surface area contributed by atoms with E-state index in [0.29, 0.717) is 19.5 Å². The molecule has 1 atom stereocenters. The van der Waals surface area contributed by atoms with Crippen LogP contribution < -0.4 is 11.1 Å². The van der Waals surface area contributed by atoms with E-state index in [1.165, 1.54) is 0 Å². The third-order valence-electron chi connectivity index (χ3n) is 4.02. The Hall–Kier alpha value is -1.88. The third-order valence-corrected chi connectivity index (χ3v) is 4.02. The Morgan fingerprint density at radius 2 is 2.05 bits per heavy atom. The summed E-state index contributed by atoms with van der Waals surface area (Å²) in [5.74, 6) is -0.275. The number of carbonyl (C=O) groups excluding carboxylic acids is 2. The number of nitrogens with one attached hydrogen (secondary N) is 1. The van der Waals surface area contributed by atoms with Gasteiger partial charge in [0.2, 0.25) is 11.8 Å². The zero-order chi connectivity index (χ0) is 15.5. The first-order valence-electron chi connectivity index (χ1n) is 7.32. The van der Waals surface area contributed by atoms with Gasteiger partial charge < -0.3 is 16.0 Å². The Morgan fingerprint density at radius 3 is 2.71 bits per heavy atom. The number of rotatable bonds is 4. The van der Waals surface area contributed by atoms with Crippen LogP contribution in [0.2, 0.25) is 0 Å². The molecule has 0 radical (unpaired) electrons. The summed E-state index contributed by atoms with van der Waals surface area (Å²) in [6.45, 7) is 4.50. The number of benzene rings is 1. The van der Waals surface area contributed by atoms with E-state index < -0.39 is 11.6 Å². The van der Waals surface area contributed by atoms with Crippen molar-refractivity contribution in [3.05, 3.63) is 35.9 Å². The van der Waals surface area contributed by atoms with E-state index in [1.807, 2.05) is 30.3 Å². The second-order valence-electron chi connectivity index (χ2n) is 5.94. The lowest BCUT2D eigenvalue weighted by Crippen LogP contribution is -2.65. The van der Waals surface area contributed by atoms with Crippen LogP contribution in [0.4, 0.5) is 0 Å². The largest absolute Gasteiger partial charge is 0.352 e. The summed E-state index contributed by atoms with van der Waals surface area (Å²) in [4.78, 5) is 26.0. The SMILES string of the molecule is CC1(C)C(=O)NCCN1C(=O)[C@@H](N)CCc1ccccc1. The number of piperazine rings is 1. The number of aryl methyl sites for hydroxylation is 1. The molecule has 1 saturated heterocycles. The highest BCUT2D eigenvalue weighted by molar-refractivity contribution is 5.93. The van der Waals surface area contributed by atoms with Gasteiger partial charge in [-0.05, 0) is 32.3 Å². The van der Waals surface area contributed by atoms with Crippen LogP contribution in [0.15, 0.2) is 30.3 Å². The van der Waals surface area contributed by atoms with Crippen molar-refractivity contribution < 1.29 is 9.59 Å². The molecular formula is C16H23N3O2. The molecule has 1 aromatic carbocycles. The van der Waals surface area contributed by atoms with Crippen molar-refractivity contribution in [3.63, 3.8) is 0 Å². The highest BCUT2D eigenvalue weighted by Crippen LogP contribution is 2.19. The van der Waals surface area contributed by atoms with Gasteiger partial charge in [0.25, 0.3) is 0 Å². The van der Waals surface area contributed by atoms with Crippen LogP contribution in [0.5, 0.6) is 0 Å². The van der Waals surface area contributed by atoms with Gasteiger partial charge in [0.15, 0.2) is 0 Å². The zero-order valence-electron chi connectivity index (χ0n) is 12.6. The topological polar surface area (TPSA) is 75.4 Å². The van der Waals surface area contributed by atoms with Gasteiger partial charge in [0.1, 0.15) is 5.54 Å². The molecule has 21 heavy (non-hydrogen) atoms. The van der Waals surface area contributed by atoms with Gasteiger partial charge in [-0.15, -0.1) is 0 Å². The fourth-order valence-corrected chi connectivity index (χ4v) is 2.58. The summed E-state index contributed by atoms with van der Waals surface area (Å²) >= 11 is 0. The van der Waals surface area contributed by atoms with E-state index in [-0.39, 0.29) is 11.8 Å². The molecule has 0 saturated carbocycles. The number of hydrogen-bond acceptors (Lipinski definition) is 3. The number of hydrogen-bond donors (Lipinski definition) is 2. The molecule has 114 valence electrons. The molecule has 1 aliphatic rings. The summed E-state index contributed by atoms with van der Waals surface area (Å²) in [7, 11) is 0. The van der Waals surface area contributed by atoms with Gasteiger partial charge in [0, 0.05) is 13.1 Å². The maximum atomic E-state index is 12.5. The molecular weight excluding hydrogens is 266 g/mol. The summed E-state index contributed by atoms with van der Waals surface area (Å²) in [5, 5.41) is 2.78. The molecule has 1 aliphatic heterocycles. The maximum absolute atomic E-state index is 12.5. The molecule has 0 unspecified atom stereocenters. The molecule has 0 aromatic heterocycles. The van der Waals surface area contributed by atoms with Crippen molar-refractivity contribution in [2.75, 3.05) is 13.1 Å². The van der Waals surface area contributed by atoms with Crippen molar-refractivity contribution >= 4 is 11.8 Å². The average Bonchev–Trinajstić information content (AvgIpc) is 2.48. The van der Waals surface area contributed by atoms with Gasteiger partial charge in [-0.2, -0.15) is 0 Å². The van der Waals surface area contributed by atoms with E-state index in [0.717, 1.165) is 12.0 Å². The van der Waals surface area contributed by atoms with Crippen LogP contribution in [-0.2, 0) is 16.0 Å². The quantitative estimate of drug-likeness (QED) is 0.856.